The number of hydrogen-bond donors (Lipinski definition) is 2. The Bertz CT molecular complexity index is 974. The largest absolute Gasteiger partial charge is 0.361 e. The van der Waals surface area contributed by atoms with Crippen molar-refractivity contribution >= 4 is 17.7 Å². The zero-order valence-corrected chi connectivity index (χ0v) is 18.0. The van der Waals surface area contributed by atoms with E-state index in [-0.39, 0.29) is 42.4 Å². The maximum absolute atomic E-state index is 13.3. The van der Waals surface area contributed by atoms with Crippen LogP contribution in [-0.2, 0) is 16.1 Å². The molecule has 172 valence electrons. The first-order valence-corrected chi connectivity index (χ1v) is 10.4. The van der Waals surface area contributed by atoms with Gasteiger partial charge in [-0.3, -0.25) is 14.4 Å². The Morgan fingerprint density at radius 3 is 2.56 bits per heavy atom. The molecule has 1 aliphatic rings. The number of carbonyl (C=O) groups is 3. The fraction of sp³-hybridized carbons (Fsp3) is 0.455. The molecule has 2 atom stereocenters. The summed E-state index contributed by atoms with van der Waals surface area (Å²) in [6.07, 6.45) is 1.64. The van der Waals surface area contributed by atoms with E-state index in [9.17, 15) is 23.2 Å². The van der Waals surface area contributed by atoms with E-state index in [1.165, 1.54) is 11.0 Å². The van der Waals surface area contributed by atoms with Gasteiger partial charge in [0.15, 0.2) is 5.69 Å². The second kappa shape index (κ2) is 10.3. The number of aromatic nitrogens is 1. The first-order valence-electron chi connectivity index (χ1n) is 10.4. The summed E-state index contributed by atoms with van der Waals surface area (Å²) >= 11 is 0. The summed E-state index contributed by atoms with van der Waals surface area (Å²) in [7, 11) is 1.62. The van der Waals surface area contributed by atoms with Crippen LogP contribution >= 0.6 is 0 Å². The molecule has 0 spiro atoms. The third-order valence-electron chi connectivity index (χ3n) is 5.40. The topological polar surface area (TPSA) is 105 Å². The molecule has 1 aromatic heterocycles. The molecule has 8 nitrogen and oxygen atoms in total. The molecule has 2 aromatic rings. The minimum atomic E-state index is -0.720. The van der Waals surface area contributed by atoms with E-state index >= 15 is 0 Å². The highest BCUT2D eigenvalue weighted by atomic mass is 19.1. The van der Waals surface area contributed by atoms with Gasteiger partial charge < -0.3 is 20.1 Å². The van der Waals surface area contributed by atoms with Gasteiger partial charge in [0.05, 0.1) is 0 Å². The summed E-state index contributed by atoms with van der Waals surface area (Å²) in [6, 6.07) is 4.29. The van der Waals surface area contributed by atoms with Gasteiger partial charge in [0.1, 0.15) is 17.4 Å². The van der Waals surface area contributed by atoms with Crippen molar-refractivity contribution < 1.29 is 27.7 Å². The van der Waals surface area contributed by atoms with Crippen LogP contribution in [0.5, 0.6) is 0 Å². The van der Waals surface area contributed by atoms with E-state index in [4.69, 9.17) is 4.52 Å². The van der Waals surface area contributed by atoms with Crippen molar-refractivity contribution in [2.75, 3.05) is 13.6 Å². The average molecular weight is 448 g/mol. The molecule has 1 fully saturated rings. The monoisotopic (exact) mass is 448 g/mol. The molecule has 0 aliphatic carbocycles. The average Bonchev–Trinajstić information content (AvgIpc) is 3.18. The van der Waals surface area contributed by atoms with Crippen molar-refractivity contribution in [3.8, 4) is 0 Å². The third-order valence-corrected chi connectivity index (χ3v) is 5.40. The van der Waals surface area contributed by atoms with Crippen molar-refractivity contribution in [1.29, 1.82) is 0 Å². The van der Waals surface area contributed by atoms with Gasteiger partial charge in [-0.05, 0) is 37.5 Å². The molecule has 0 saturated carbocycles. The normalized spacial score (nSPS) is 19.6. The summed E-state index contributed by atoms with van der Waals surface area (Å²) in [4.78, 5) is 39.1. The lowest BCUT2D eigenvalue weighted by atomic mass is 9.96. The number of hydrogen-bond acceptors (Lipinski definition) is 5. The lowest BCUT2D eigenvalue weighted by Gasteiger charge is -2.24. The highest BCUT2D eigenvalue weighted by Crippen LogP contribution is 2.19. The fourth-order valence-corrected chi connectivity index (χ4v) is 3.72. The molecule has 32 heavy (non-hydrogen) atoms. The number of halogens is 2. The lowest BCUT2D eigenvalue weighted by molar-refractivity contribution is -0.135. The van der Waals surface area contributed by atoms with Gasteiger partial charge in [0.2, 0.25) is 11.8 Å². The first-order chi connectivity index (χ1) is 15.2. The summed E-state index contributed by atoms with van der Waals surface area (Å²) in [5, 5.41) is 9.23. The van der Waals surface area contributed by atoms with Crippen LogP contribution in [-0.4, -0.2) is 47.4 Å². The summed E-state index contributed by atoms with van der Waals surface area (Å²) in [5.74, 6) is -2.45. The zero-order valence-electron chi connectivity index (χ0n) is 18.0. The molecule has 3 amide bonds. The standard InChI is InChI=1S/C22H26F2N4O4/c1-13-6-19(27-32-13)22(31)26-18-5-3-4-15(9-20(29)28(2)12-18)21(30)25-11-14-7-16(23)10-17(24)8-14/h6-8,10,15,18H,3-5,9,11-12H2,1-2H3,(H,25,30)(H,26,31). The Morgan fingerprint density at radius 1 is 1.19 bits per heavy atom. The molecular weight excluding hydrogens is 422 g/mol. The van der Waals surface area contributed by atoms with E-state index in [0.717, 1.165) is 18.2 Å². The Hall–Kier alpha value is -3.30. The number of benzene rings is 1. The quantitative estimate of drug-likeness (QED) is 0.731. The van der Waals surface area contributed by atoms with Gasteiger partial charge in [-0.2, -0.15) is 0 Å². The van der Waals surface area contributed by atoms with Gasteiger partial charge in [0.25, 0.3) is 5.91 Å². The molecule has 10 heteroatoms. The number of amides is 3. The molecule has 0 radical (unpaired) electrons. The van der Waals surface area contributed by atoms with Gasteiger partial charge in [0, 0.05) is 50.7 Å². The van der Waals surface area contributed by atoms with Crippen LogP contribution in [0.25, 0.3) is 0 Å². The number of likely N-dealkylation sites (N-methyl/N-ethyl adjacent to an activating group) is 1. The van der Waals surface area contributed by atoms with Gasteiger partial charge in [-0.15, -0.1) is 0 Å². The van der Waals surface area contributed by atoms with Crippen molar-refractivity contribution in [2.24, 2.45) is 5.92 Å². The lowest BCUT2D eigenvalue weighted by Crippen LogP contribution is -2.44. The Morgan fingerprint density at radius 2 is 1.91 bits per heavy atom. The molecular formula is C22H26F2N4O4. The molecule has 0 bridgehead atoms. The van der Waals surface area contributed by atoms with Crippen LogP contribution in [0.15, 0.2) is 28.8 Å². The number of nitrogens with one attached hydrogen (secondary N) is 2. The third kappa shape index (κ3) is 6.35. The number of carbonyl (C=O) groups excluding carboxylic acids is 3. The van der Waals surface area contributed by atoms with E-state index in [1.807, 2.05) is 0 Å². The summed E-state index contributed by atoms with van der Waals surface area (Å²) in [5.41, 5.74) is 0.468. The second-order valence-corrected chi connectivity index (χ2v) is 8.09. The fourth-order valence-electron chi connectivity index (χ4n) is 3.72. The van der Waals surface area contributed by atoms with Crippen molar-refractivity contribution in [1.82, 2.24) is 20.7 Å². The van der Waals surface area contributed by atoms with Crippen molar-refractivity contribution in [2.45, 2.75) is 45.2 Å². The summed E-state index contributed by atoms with van der Waals surface area (Å²) < 4.78 is 31.6. The van der Waals surface area contributed by atoms with E-state index < -0.39 is 17.6 Å². The van der Waals surface area contributed by atoms with Gasteiger partial charge in [-0.1, -0.05) is 11.6 Å². The molecule has 3 rings (SSSR count). The number of nitrogens with zero attached hydrogens (tertiary/aromatic N) is 2. The minimum Gasteiger partial charge on any atom is -0.361 e. The highest BCUT2D eigenvalue weighted by molar-refractivity contribution is 5.92. The molecule has 1 saturated heterocycles. The Labute approximate surface area is 184 Å². The van der Waals surface area contributed by atoms with Crippen LogP contribution in [0.4, 0.5) is 8.78 Å². The predicted molar refractivity (Wildman–Crippen MR) is 110 cm³/mol. The molecule has 2 heterocycles. The molecule has 1 aromatic carbocycles. The Kier molecular flexibility index (Phi) is 7.55. The van der Waals surface area contributed by atoms with Crippen LogP contribution < -0.4 is 10.6 Å². The molecule has 2 unspecified atom stereocenters. The smallest absolute Gasteiger partial charge is 0.273 e. The zero-order chi connectivity index (χ0) is 23.3. The first kappa shape index (κ1) is 23.4. The maximum Gasteiger partial charge on any atom is 0.273 e. The predicted octanol–water partition coefficient (Wildman–Crippen LogP) is 2.32. The SMILES string of the molecule is Cc1cc(C(=O)NC2CCCC(C(=O)NCc3cc(F)cc(F)c3)CC(=O)N(C)C2)no1. The highest BCUT2D eigenvalue weighted by Gasteiger charge is 2.28. The minimum absolute atomic E-state index is 0.0169. The Balaban J connectivity index is 1.59. The van der Waals surface area contributed by atoms with Gasteiger partial charge >= 0.3 is 0 Å². The second-order valence-electron chi connectivity index (χ2n) is 8.09. The van der Waals surface area contributed by atoms with E-state index in [2.05, 4.69) is 15.8 Å². The van der Waals surface area contributed by atoms with Crippen LogP contribution in [0.3, 0.4) is 0 Å². The van der Waals surface area contributed by atoms with Crippen LogP contribution in [0.2, 0.25) is 0 Å². The number of rotatable bonds is 5. The number of aryl methyl sites for hydroxylation is 1. The summed E-state index contributed by atoms with van der Waals surface area (Å²) in [6.45, 7) is 1.95. The molecule has 1 aliphatic heterocycles. The van der Waals surface area contributed by atoms with Crippen molar-refractivity contribution in [3.63, 3.8) is 0 Å². The van der Waals surface area contributed by atoms with Crippen molar-refractivity contribution in [3.05, 3.63) is 52.9 Å². The van der Waals surface area contributed by atoms with E-state index in [1.54, 1.807) is 14.0 Å². The van der Waals surface area contributed by atoms with E-state index in [0.29, 0.717) is 37.1 Å². The maximum atomic E-state index is 13.3. The van der Waals surface area contributed by atoms with Crippen LogP contribution in [0, 0.1) is 24.5 Å². The van der Waals surface area contributed by atoms with Gasteiger partial charge in [-0.25, -0.2) is 8.78 Å². The molecule has 2 N–H and O–H groups in total. The van der Waals surface area contributed by atoms with Crippen LogP contribution in [0.1, 0.15) is 47.5 Å².